The molecule has 160 valence electrons. The molecular formula is C22H24N6O3. The highest BCUT2D eigenvalue weighted by atomic mass is 16.6. The maximum atomic E-state index is 13.1. The Morgan fingerprint density at radius 2 is 1.84 bits per heavy atom. The lowest BCUT2D eigenvalue weighted by Gasteiger charge is -2.35. The Balaban J connectivity index is 1.25. The third-order valence-electron chi connectivity index (χ3n) is 6.13. The van der Waals surface area contributed by atoms with Crippen molar-refractivity contribution in [2.45, 2.75) is 38.8 Å². The fourth-order valence-corrected chi connectivity index (χ4v) is 4.42. The van der Waals surface area contributed by atoms with E-state index in [1.165, 1.54) is 0 Å². The lowest BCUT2D eigenvalue weighted by Crippen LogP contribution is -2.47. The summed E-state index contributed by atoms with van der Waals surface area (Å²) < 4.78 is 7.25. The van der Waals surface area contributed by atoms with Crippen molar-refractivity contribution in [2.24, 2.45) is 0 Å². The first kappa shape index (κ1) is 19.5. The molecule has 1 unspecified atom stereocenters. The van der Waals surface area contributed by atoms with Crippen LogP contribution >= 0.6 is 0 Å². The van der Waals surface area contributed by atoms with Crippen LogP contribution in [0.4, 0.5) is 4.79 Å². The molecule has 1 aromatic carbocycles. The largest absolute Gasteiger partial charge is 0.439 e. The van der Waals surface area contributed by atoms with Crippen molar-refractivity contribution >= 4 is 17.6 Å². The predicted octanol–water partition coefficient (Wildman–Crippen LogP) is 2.54. The molecule has 2 aliphatic heterocycles. The first-order valence-corrected chi connectivity index (χ1v) is 10.5. The van der Waals surface area contributed by atoms with E-state index in [0.717, 1.165) is 11.3 Å². The second-order valence-corrected chi connectivity index (χ2v) is 8.15. The number of amides is 2. The van der Waals surface area contributed by atoms with Gasteiger partial charge in [0.05, 0.1) is 17.9 Å². The predicted molar refractivity (Wildman–Crippen MR) is 112 cm³/mol. The minimum Gasteiger partial charge on any atom is -0.439 e. The van der Waals surface area contributed by atoms with Crippen molar-refractivity contribution in [3.8, 4) is 0 Å². The van der Waals surface area contributed by atoms with Gasteiger partial charge in [-0.2, -0.15) is 5.10 Å². The second kappa shape index (κ2) is 7.64. The van der Waals surface area contributed by atoms with Gasteiger partial charge in [-0.05, 0) is 32.3 Å². The number of hydrogen-bond acceptors (Lipinski definition) is 6. The maximum Gasteiger partial charge on any atom is 0.410 e. The molecule has 0 bridgehead atoms. The van der Waals surface area contributed by atoms with Crippen LogP contribution in [0, 0.1) is 13.8 Å². The third-order valence-corrected chi connectivity index (χ3v) is 6.13. The van der Waals surface area contributed by atoms with E-state index in [1.54, 1.807) is 9.42 Å². The highest BCUT2D eigenvalue weighted by Gasteiger charge is 2.39. The molecule has 0 aliphatic carbocycles. The molecular weight excluding hydrogens is 396 g/mol. The van der Waals surface area contributed by atoms with Gasteiger partial charge in [-0.3, -0.25) is 4.79 Å². The monoisotopic (exact) mass is 420 g/mol. The van der Waals surface area contributed by atoms with Crippen molar-refractivity contribution in [1.82, 2.24) is 29.6 Å². The molecule has 4 heterocycles. The van der Waals surface area contributed by atoms with Crippen molar-refractivity contribution in [1.29, 1.82) is 0 Å². The molecule has 2 fully saturated rings. The minimum absolute atomic E-state index is 0.0636. The number of rotatable bonds is 3. The number of piperidine rings is 1. The van der Waals surface area contributed by atoms with Crippen LogP contribution in [-0.2, 0) is 4.74 Å². The maximum absolute atomic E-state index is 13.1. The highest BCUT2D eigenvalue weighted by molar-refractivity contribution is 5.93. The summed E-state index contributed by atoms with van der Waals surface area (Å²) in [7, 11) is 0. The van der Waals surface area contributed by atoms with E-state index < -0.39 is 0 Å². The van der Waals surface area contributed by atoms with Gasteiger partial charge in [0.25, 0.3) is 5.91 Å². The standard InChI is InChI=1S/C22H24N6O3/c1-14-12-19-23-24-20(15(2)28(19)25-14)21(29)26-10-8-17(9-11-26)27-13-18(31-22(27)30)16-6-4-3-5-7-16/h3-7,12,17-18H,8-11,13H2,1-2H3. The zero-order chi connectivity index (χ0) is 21.5. The van der Waals surface area contributed by atoms with Crippen LogP contribution < -0.4 is 0 Å². The summed E-state index contributed by atoms with van der Waals surface area (Å²) in [5.74, 6) is -0.148. The zero-order valence-corrected chi connectivity index (χ0v) is 17.6. The number of aromatic nitrogens is 4. The van der Waals surface area contributed by atoms with E-state index in [-0.39, 0.29) is 24.1 Å². The number of hydrogen-bond donors (Lipinski definition) is 0. The summed E-state index contributed by atoms with van der Waals surface area (Å²) in [6, 6.07) is 11.7. The quantitative estimate of drug-likeness (QED) is 0.647. The van der Waals surface area contributed by atoms with Crippen LogP contribution in [0.15, 0.2) is 36.4 Å². The Hall–Kier alpha value is -3.49. The normalized spacial score (nSPS) is 19.8. The van der Waals surface area contributed by atoms with Crippen LogP contribution in [-0.4, -0.2) is 67.3 Å². The molecule has 2 aliphatic rings. The topological polar surface area (TPSA) is 92.9 Å². The summed E-state index contributed by atoms with van der Waals surface area (Å²) >= 11 is 0. The molecule has 2 aromatic heterocycles. The van der Waals surface area contributed by atoms with Gasteiger partial charge in [0, 0.05) is 25.2 Å². The number of carbonyl (C=O) groups is 2. The number of aryl methyl sites for hydroxylation is 2. The van der Waals surface area contributed by atoms with Crippen LogP contribution in [0.5, 0.6) is 0 Å². The number of ether oxygens (including phenoxy) is 1. The van der Waals surface area contributed by atoms with E-state index in [4.69, 9.17) is 4.74 Å². The molecule has 5 rings (SSSR count). The van der Waals surface area contributed by atoms with Gasteiger partial charge in [-0.25, -0.2) is 9.31 Å². The lowest BCUT2D eigenvalue weighted by atomic mass is 10.0. The van der Waals surface area contributed by atoms with E-state index in [2.05, 4.69) is 15.3 Å². The van der Waals surface area contributed by atoms with Gasteiger partial charge in [-0.1, -0.05) is 30.3 Å². The summed E-state index contributed by atoms with van der Waals surface area (Å²) in [6.07, 6.45) is 0.894. The number of benzene rings is 1. The fraction of sp³-hybridized carbons (Fsp3) is 0.409. The van der Waals surface area contributed by atoms with E-state index in [1.807, 2.05) is 55.1 Å². The van der Waals surface area contributed by atoms with Crippen molar-refractivity contribution in [3.63, 3.8) is 0 Å². The van der Waals surface area contributed by atoms with Crippen molar-refractivity contribution in [2.75, 3.05) is 19.6 Å². The Morgan fingerprint density at radius 3 is 2.58 bits per heavy atom. The summed E-state index contributed by atoms with van der Waals surface area (Å²) in [5.41, 5.74) is 3.46. The number of likely N-dealkylation sites (tertiary alicyclic amines) is 1. The van der Waals surface area contributed by atoms with Gasteiger partial charge in [0.2, 0.25) is 0 Å². The SMILES string of the molecule is Cc1cc2nnc(C(=O)N3CCC(N4CC(c5ccccc5)OC4=O)CC3)c(C)n2n1. The van der Waals surface area contributed by atoms with Gasteiger partial charge in [0.1, 0.15) is 6.10 Å². The molecule has 0 radical (unpaired) electrons. The summed E-state index contributed by atoms with van der Waals surface area (Å²) in [6.45, 7) is 5.37. The van der Waals surface area contributed by atoms with Gasteiger partial charge < -0.3 is 14.5 Å². The number of cyclic esters (lactones) is 1. The number of nitrogens with zero attached hydrogens (tertiary/aromatic N) is 6. The average molecular weight is 420 g/mol. The molecule has 0 N–H and O–H groups in total. The summed E-state index contributed by atoms with van der Waals surface area (Å²) in [5, 5.41) is 12.7. The Bertz CT molecular complexity index is 1140. The molecule has 2 saturated heterocycles. The molecule has 0 saturated carbocycles. The molecule has 3 aromatic rings. The second-order valence-electron chi connectivity index (χ2n) is 8.15. The smallest absolute Gasteiger partial charge is 0.410 e. The molecule has 0 spiro atoms. The van der Waals surface area contributed by atoms with E-state index in [9.17, 15) is 9.59 Å². The molecule has 9 nitrogen and oxygen atoms in total. The Morgan fingerprint density at radius 1 is 1.10 bits per heavy atom. The average Bonchev–Trinajstić information content (AvgIpc) is 3.37. The fourth-order valence-electron chi connectivity index (χ4n) is 4.42. The number of fused-ring (bicyclic) bond motifs is 1. The van der Waals surface area contributed by atoms with Crippen LogP contribution in [0.3, 0.4) is 0 Å². The Kier molecular flexibility index (Phi) is 4.80. The highest BCUT2D eigenvalue weighted by Crippen LogP contribution is 2.30. The van der Waals surface area contributed by atoms with Crippen LogP contribution in [0.25, 0.3) is 5.65 Å². The molecule has 9 heteroatoms. The first-order valence-electron chi connectivity index (χ1n) is 10.5. The van der Waals surface area contributed by atoms with Crippen molar-refractivity contribution < 1.29 is 14.3 Å². The van der Waals surface area contributed by atoms with Crippen molar-refractivity contribution in [3.05, 3.63) is 59.0 Å². The van der Waals surface area contributed by atoms with Gasteiger partial charge in [-0.15, -0.1) is 10.2 Å². The molecule has 31 heavy (non-hydrogen) atoms. The third kappa shape index (κ3) is 3.49. The lowest BCUT2D eigenvalue weighted by molar-refractivity contribution is 0.0650. The first-order chi connectivity index (χ1) is 15.0. The summed E-state index contributed by atoms with van der Waals surface area (Å²) in [4.78, 5) is 29.1. The Labute approximate surface area is 179 Å². The van der Waals surface area contributed by atoms with E-state index in [0.29, 0.717) is 49.5 Å². The zero-order valence-electron chi connectivity index (χ0n) is 17.6. The van der Waals surface area contributed by atoms with E-state index >= 15 is 0 Å². The van der Waals surface area contributed by atoms with Crippen LogP contribution in [0.1, 0.15) is 46.4 Å². The molecule has 2 amide bonds. The van der Waals surface area contributed by atoms with Gasteiger partial charge >= 0.3 is 6.09 Å². The minimum atomic E-state index is -0.278. The van der Waals surface area contributed by atoms with Gasteiger partial charge in [0.15, 0.2) is 11.3 Å². The van der Waals surface area contributed by atoms with Crippen LogP contribution in [0.2, 0.25) is 0 Å². The molecule has 1 atom stereocenters. The number of carbonyl (C=O) groups excluding carboxylic acids is 2.